The van der Waals surface area contributed by atoms with E-state index in [4.69, 9.17) is 4.74 Å². The number of nitrogens with one attached hydrogen (secondary N) is 2. The molecule has 1 aromatic carbocycles. The van der Waals surface area contributed by atoms with Gasteiger partial charge in [-0.2, -0.15) is 0 Å². The van der Waals surface area contributed by atoms with Gasteiger partial charge >= 0.3 is 0 Å². The zero-order chi connectivity index (χ0) is 17.6. The molecule has 2 amide bonds. The SMILES string of the molecule is CCOc1ccc(NC(=O)C2(C(=O)NCCCN(C)C)CC2)cc1. The smallest absolute Gasteiger partial charge is 0.240 e. The predicted octanol–water partition coefficient (Wildman–Crippen LogP) is 1.87. The molecule has 0 bridgehead atoms. The first-order valence-electron chi connectivity index (χ1n) is 8.45. The summed E-state index contributed by atoms with van der Waals surface area (Å²) >= 11 is 0. The molecule has 1 aliphatic carbocycles. The Kier molecular flexibility index (Phi) is 6.20. The summed E-state index contributed by atoms with van der Waals surface area (Å²) < 4.78 is 5.38. The van der Waals surface area contributed by atoms with E-state index in [2.05, 4.69) is 15.5 Å². The second-order valence-electron chi connectivity index (χ2n) is 6.41. The quantitative estimate of drug-likeness (QED) is 0.535. The first-order valence-corrected chi connectivity index (χ1v) is 8.45. The van der Waals surface area contributed by atoms with Crippen LogP contribution in [-0.2, 0) is 9.59 Å². The third kappa shape index (κ3) is 4.71. The number of rotatable bonds is 9. The van der Waals surface area contributed by atoms with Gasteiger partial charge in [-0.1, -0.05) is 0 Å². The highest BCUT2D eigenvalue weighted by Crippen LogP contribution is 2.46. The molecule has 0 unspecified atom stereocenters. The van der Waals surface area contributed by atoms with Crippen molar-refractivity contribution < 1.29 is 14.3 Å². The van der Waals surface area contributed by atoms with Crippen LogP contribution in [-0.4, -0.2) is 50.5 Å². The minimum absolute atomic E-state index is 0.162. The molecule has 1 saturated carbocycles. The molecular weight excluding hydrogens is 306 g/mol. The minimum atomic E-state index is -0.892. The van der Waals surface area contributed by atoms with Crippen molar-refractivity contribution in [1.82, 2.24) is 10.2 Å². The average Bonchev–Trinajstić information content (AvgIpc) is 3.35. The van der Waals surface area contributed by atoms with Gasteiger partial charge in [-0.05, 0) is 71.1 Å². The van der Waals surface area contributed by atoms with E-state index in [-0.39, 0.29) is 11.8 Å². The molecular formula is C18H27N3O3. The van der Waals surface area contributed by atoms with Gasteiger partial charge in [0.1, 0.15) is 11.2 Å². The Bertz CT molecular complexity index is 565. The second-order valence-corrected chi connectivity index (χ2v) is 6.41. The summed E-state index contributed by atoms with van der Waals surface area (Å²) in [5, 5.41) is 5.73. The van der Waals surface area contributed by atoms with Gasteiger partial charge in [-0.25, -0.2) is 0 Å². The summed E-state index contributed by atoms with van der Waals surface area (Å²) in [4.78, 5) is 26.9. The number of hydrogen-bond donors (Lipinski definition) is 2. The van der Waals surface area contributed by atoms with Crippen molar-refractivity contribution in [1.29, 1.82) is 0 Å². The van der Waals surface area contributed by atoms with Crippen LogP contribution in [0.15, 0.2) is 24.3 Å². The molecule has 0 spiro atoms. The maximum Gasteiger partial charge on any atom is 0.240 e. The first kappa shape index (κ1) is 18.3. The van der Waals surface area contributed by atoms with Crippen LogP contribution in [0.3, 0.4) is 0 Å². The van der Waals surface area contributed by atoms with Crippen LogP contribution in [0.4, 0.5) is 5.69 Å². The lowest BCUT2D eigenvalue weighted by Gasteiger charge is -2.16. The lowest BCUT2D eigenvalue weighted by molar-refractivity contribution is -0.134. The molecule has 0 radical (unpaired) electrons. The molecule has 0 heterocycles. The van der Waals surface area contributed by atoms with E-state index < -0.39 is 5.41 Å². The van der Waals surface area contributed by atoms with Gasteiger partial charge in [-0.15, -0.1) is 0 Å². The summed E-state index contributed by atoms with van der Waals surface area (Å²) in [5.74, 6) is 0.372. The summed E-state index contributed by atoms with van der Waals surface area (Å²) in [6.07, 6.45) is 2.08. The van der Waals surface area contributed by atoms with Crippen LogP contribution in [0.2, 0.25) is 0 Å². The van der Waals surface area contributed by atoms with Crippen molar-refractivity contribution in [3.8, 4) is 5.75 Å². The van der Waals surface area contributed by atoms with Gasteiger partial charge in [0.05, 0.1) is 6.61 Å². The van der Waals surface area contributed by atoms with E-state index >= 15 is 0 Å². The van der Waals surface area contributed by atoms with E-state index in [1.54, 1.807) is 24.3 Å². The van der Waals surface area contributed by atoms with Gasteiger partial charge in [0.25, 0.3) is 0 Å². The normalized spacial score (nSPS) is 15.0. The van der Waals surface area contributed by atoms with Crippen LogP contribution in [0.5, 0.6) is 5.75 Å². The third-order valence-electron chi connectivity index (χ3n) is 4.11. The molecule has 132 valence electrons. The summed E-state index contributed by atoms with van der Waals surface area (Å²) in [5.41, 5.74) is -0.216. The highest BCUT2D eigenvalue weighted by Gasteiger charge is 2.56. The number of carbonyl (C=O) groups excluding carboxylic acids is 2. The number of carbonyl (C=O) groups is 2. The zero-order valence-corrected chi connectivity index (χ0v) is 14.7. The highest BCUT2D eigenvalue weighted by atomic mass is 16.5. The number of ether oxygens (including phenoxy) is 1. The maximum atomic E-state index is 12.5. The molecule has 2 rings (SSSR count). The average molecular weight is 333 g/mol. The molecule has 0 aliphatic heterocycles. The Labute approximate surface area is 143 Å². The lowest BCUT2D eigenvalue weighted by atomic mass is 10.0. The Balaban J connectivity index is 1.85. The van der Waals surface area contributed by atoms with Crippen molar-refractivity contribution in [3.63, 3.8) is 0 Å². The molecule has 1 aromatic rings. The van der Waals surface area contributed by atoms with Crippen LogP contribution in [0.1, 0.15) is 26.2 Å². The molecule has 6 heteroatoms. The highest BCUT2D eigenvalue weighted by molar-refractivity contribution is 6.13. The Morgan fingerprint density at radius 2 is 1.83 bits per heavy atom. The molecule has 1 aliphatic rings. The fourth-order valence-corrected chi connectivity index (χ4v) is 2.50. The number of benzene rings is 1. The van der Waals surface area contributed by atoms with E-state index in [1.807, 2.05) is 21.0 Å². The lowest BCUT2D eigenvalue weighted by Crippen LogP contribution is -2.40. The van der Waals surface area contributed by atoms with Gasteiger partial charge in [0, 0.05) is 12.2 Å². The Morgan fingerprint density at radius 1 is 1.17 bits per heavy atom. The largest absolute Gasteiger partial charge is 0.494 e. The van der Waals surface area contributed by atoms with Crippen LogP contribution in [0.25, 0.3) is 0 Å². The van der Waals surface area contributed by atoms with Gasteiger partial charge in [0.15, 0.2) is 0 Å². The summed E-state index contributed by atoms with van der Waals surface area (Å²) in [6.45, 7) is 4.02. The van der Waals surface area contributed by atoms with Crippen molar-refractivity contribution in [2.75, 3.05) is 39.1 Å². The van der Waals surface area contributed by atoms with E-state index in [1.165, 1.54) is 0 Å². The number of nitrogens with zero attached hydrogens (tertiary/aromatic N) is 1. The molecule has 6 nitrogen and oxygen atoms in total. The monoisotopic (exact) mass is 333 g/mol. The van der Waals surface area contributed by atoms with Gasteiger partial charge in [-0.3, -0.25) is 9.59 Å². The van der Waals surface area contributed by atoms with Crippen molar-refractivity contribution in [2.24, 2.45) is 5.41 Å². The van der Waals surface area contributed by atoms with Crippen LogP contribution in [0, 0.1) is 5.41 Å². The minimum Gasteiger partial charge on any atom is -0.494 e. The zero-order valence-electron chi connectivity index (χ0n) is 14.7. The third-order valence-corrected chi connectivity index (χ3v) is 4.11. The van der Waals surface area contributed by atoms with Crippen LogP contribution >= 0.6 is 0 Å². The van der Waals surface area contributed by atoms with Crippen molar-refractivity contribution in [2.45, 2.75) is 26.2 Å². The van der Waals surface area contributed by atoms with E-state index in [0.29, 0.717) is 31.7 Å². The van der Waals surface area contributed by atoms with Gasteiger partial charge in [0.2, 0.25) is 11.8 Å². The molecule has 0 saturated heterocycles. The second kappa shape index (κ2) is 8.15. The molecule has 0 aromatic heterocycles. The van der Waals surface area contributed by atoms with Crippen molar-refractivity contribution >= 4 is 17.5 Å². The predicted molar refractivity (Wildman–Crippen MR) is 94.1 cm³/mol. The molecule has 1 fully saturated rings. The number of anilines is 1. The molecule has 24 heavy (non-hydrogen) atoms. The Hall–Kier alpha value is -2.08. The summed E-state index contributed by atoms with van der Waals surface area (Å²) in [7, 11) is 3.99. The number of hydrogen-bond acceptors (Lipinski definition) is 4. The molecule has 0 atom stereocenters. The first-order chi connectivity index (χ1) is 11.5. The summed E-state index contributed by atoms with van der Waals surface area (Å²) in [6, 6.07) is 7.18. The fourth-order valence-electron chi connectivity index (χ4n) is 2.50. The van der Waals surface area contributed by atoms with E-state index in [9.17, 15) is 9.59 Å². The van der Waals surface area contributed by atoms with Crippen LogP contribution < -0.4 is 15.4 Å². The number of amides is 2. The standard InChI is InChI=1S/C18H27N3O3/c1-4-24-15-8-6-14(7-9-15)20-17(23)18(10-11-18)16(22)19-12-5-13-21(2)3/h6-9H,4-5,10-13H2,1-3H3,(H,19,22)(H,20,23). The fraction of sp³-hybridized carbons (Fsp3) is 0.556. The molecule has 2 N–H and O–H groups in total. The van der Waals surface area contributed by atoms with E-state index in [0.717, 1.165) is 18.7 Å². The maximum absolute atomic E-state index is 12.5. The Morgan fingerprint density at radius 3 is 2.38 bits per heavy atom. The topological polar surface area (TPSA) is 70.7 Å². The van der Waals surface area contributed by atoms with Gasteiger partial charge < -0.3 is 20.3 Å². The van der Waals surface area contributed by atoms with Crippen molar-refractivity contribution in [3.05, 3.63) is 24.3 Å².